The van der Waals surface area contributed by atoms with Gasteiger partial charge in [-0.1, -0.05) is 0 Å². The molecular weight excluding hydrogens is 327 g/mol. The van der Waals surface area contributed by atoms with Crippen LogP contribution in [0.5, 0.6) is 0 Å². The van der Waals surface area contributed by atoms with Gasteiger partial charge < -0.3 is 12.3 Å². The molecule has 0 aliphatic carbocycles. The lowest BCUT2D eigenvalue weighted by molar-refractivity contribution is 0.335. The van der Waals surface area contributed by atoms with Gasteiger partial charge in [-0.25, -0.2) is 0 Å². The predicted octanol–water partition coefficient (Wildman–Crippen LogP) is 3.66. The normalized spacial score (nSPS) is 17.3. The molecule has 0 amide bonds. The van der Waals surface area contributed by atoms with Crippen molar-refractivity contribution in [2.24, 2.45) is 0 Å². The Labute approximate surface area is 121 Å². The van der Waals surface area contributed by atoms with E-state index in [0.29, 0.717) is 9.76 Å². The van der Waals surface area contributed by atoms with Crippen molar-refractivity contribution in [3.8, 4) is 0 Å². The van der Waals surface area contributed by atoms with Crippen molar-refractivity contribution < 1.29 is 12.3 Å². The molecule has 0 fully saturated rings. The highest BCUT2D eigenvalue weighted by atomic mass is 35.5. The largest absolute Gasteiger partial charge is 0.437 e. The molecule has 0 aliphatic rings. The highest BCUT2D eigenvalue weighted by molar-refractivity contribution is 6.93. The van der Waals surface area contributed by atoms with Gasteiger partial charge in [-0.3, -0.25) is 0 Å². The van der Waals surface area contributed by atoms with Gasteiger partial charge in [0.05, 0.1) is 0 Å². The summed E-state index contributed by atoms with van der Waals surface area (Å²) in [5.41, 5.74) is 0. The Balaban J connectivity index is 4.75. The monoisotopic (exact) mass is 348 g/mol. The third-order valence-electron chi connectivity index (χ3n) is 1.70. The lowest BCUT2D eigenvalue weighted by Crippen LogP contribution is -2.57. The Bertz CT molecular complexity index is 247. The van der Waals surface area contributed by atoms with E-state index in [1.54, 1.807) is 0 Å². The maximum atomic E-state index is 6.11. The van der Waals surface area contributed by atoms with Crippen molar-refractivity contribution in [1.29, 1.82) is 0 Å². The van der Waals surface area contributed by atoms with E-state index in [9.17, 15) is 0 Å². The lowest BCUT2D eigenvalue weighted by Gasteiger charge is -2.38. The van der Waals surface area contributed by atoms with Crippen LogP contribution in [0.4, 0.5) is 0 Å². The molecule has 0 spiro atoms. The first-order valence-corrected chi connectivity index (χ1v) is 16.3. The molecule has 3 nitrogen and oxygen atoms in total. The molecule has 0 aromatic heterocycles. The molecule has 0 aromatic rings. The van der Waals surface area contributed by atoms with Crippen LogP contribution in [0.2, 0.25) is 45.8 Å². The lowest BCUT2D eigenvalue weighted by atomic mass is 11.8. The van der Waals surface area contributed by atoms with E-state index in [1.165, 1.54) is 0 Å². The zero-order valence-corrected chi connectivity index (χ0v) is 17.1. The summed E-state index contributed by atoms with van der Waals surface area (Å²) in [5, 5.41) is 0. The van der Waals surface area contributed by atoms with E-state index in [2.05, 4.69) is 19.6 Å². The Kier molecular flexibility index (Phi) is 7.18. The Morgan fingerprint density at radius 1 is 0.941 bits per heavy atom. The molecule has 0 aromatic carbocycles. The summed E-state index contributed by atoms with van der Waals surface area (Å²) in [5.74, 6) is 0. The Morgan fingerprint density at radius 2 is 1.41 bits per heavy atom. The number of halogens is 2. The van der Waals surface area contributed by atoms with Gasteiger partial charge in [0.2, 0.25) is 9.76 Å². The summed E-state index contributed by atoms with van der Waals surface area (Å²) in [6.07, 6.45) is 0. The summed E-state index contributed by atoms with van der Waals surface area (Å²) < 4.78 is 17.3. The number of hydrogen-bond donors (Lipinski definition) is 0. The molecule has 0 rings (SSSR count). The zero-order valence-electron chi connectivity index (χ0n) is 11.6. The van der Waals surface area contributed by atoms with Crippen molar-refractivity contribution in [3.63, 3.8) is 0 Å². The van der Waals surface area contributed by atoms with Crippen LogP contribution in [0.3, 0.4) is 0 Å². The van der Waals surface area contributed by atoms with Gasteiger partial charge in [-0.2, -0.15) is 0 Å². The summed E-state index contributed by atoms with van der Waals surface area (Å²) >= 11 is 12.0. The average molecular weight is 350 g/mol. The number of alkyl halides is 2. The molecule has 0 heterocycles. The first-order chi connectivity index (χ1) is 7.42. The second-order valence-electron chi connectivity index (χ2n) is 5.34. The van der Waals surface area contributed by atoms with E-state index in [0.717, 1.165) is 0 Å². The summed E-state index contributed by atoms with van der Waals surface area (Å²) in [6.45, 7) is 14.3. The van der Waals surface area contributed by atoms with E-state index in [1.807, 2.05) is 26.2 Å². The summed E-state index contributed by atoms with van der Waals surface area (Å²) in [4.78, 5) is 0. The fourth-order valence-corrected chi connectivity index (χ4v) is 16.4. The van der Waals surface area contributed by atoms with E-state index < -0.39 is 29.9 Å². The molecule has 9 heteroatoms. The third-order valence-corrected chi connectivity index (χ3v) is 15.3. The van der Waals surface area contributed by atoms with Crippen LogP contribution in [0.1, 0.15) is 0 Å². The van der Waals surface area contributed by atoms with Gasteiger partial charge in [-0.15, -0.1) is 23.2 Å². The van der Waals surface area contributed by atoms with E-state index >= 15 is 0 Å². The van der Waals surface area contributed by atoms with E-state index in [4.69, 9.17) is 35.5 Å². The van der Waals surface area contributed by atoms with Crippen molar-refractivity contribution >= 4 is 58.4 Å². The Hall–Kier alpha value is 1.33. The smallest absolute Gasteiger partial charge is 0.349 e. The molecular formula is C8H22Cl2O3Si4. The second kappa shape index (κ2) is 6.66. The molecule has 1 unspecified atom stereocenters. The minimum absolute atomic E-state index is 0.322. The predicted molar refractivity (Wildman–Crippen MR) is 82.8 cm³/mol. The van der Waals surface area contributed by atoms with Crippen molar-refractivity contribution in [2.75, 3.05) is 0 Å². The third kappa shape index (κ3) is 7.48. The van der Waals surface area contributed by atoms with Gasteiger partial charge in [0, 0.05) is 0 Å². The highest BCUT2D eigenvalue weighted by Gasteiger charge is 2.46. The van der Waals surface area contributed by atoms with Crippen LogP contribution in [-0.4, -0.2) is 39.7 Å². The van der Waals surface area contributed by atoms with Crippen molar-refractivity contribution in [3.05, 3.63) is 0 Å². The van der Waals surface area contributed by atoms with Crippen LogP contribution in [-0.2, 0) is 12.3 Å². The first kappa shape index (κ1) is 18.3. The van der Waals surface area contributed by atoms with E-state index in [-0.39, 0.29) is 0 Å². The van der Waals surface area contributed by atoms with Gasteiger partial charge in [0.25, 0.3) is 0 Å². The van der Waals surface area contributed by atoms with Crippen LogP contribution >= 0.6 is 23.2 Å². The second-order valence-corrected chi connectivity index (χ2v) is 19.7. The van der Waals surface area contributed by atoms with Gasteiger partial charge in [-0.05, 0) is 45.8 Å². The van der Waals surface area contributed by atoms with Gasteiger partial charge >= 0.3 is 17.1 Å². The molecule has 0 saturated heterocycles. The van der Waals surface area contributed by atoms with Gasteiger partial charge in [0.15, 0.2) is 8.32 Å². The molecule has 1 atom stereocenters. The SMILES string of the molecule is C[Si]O[Si](C)(O[Si](C)(C)O[Si](C)(C)C)C(Cl)Cl. The molecule has 0 saturated carbocycles. The molecule has 17 heavy (non-hydrogen) atoms. The summed E-state index contributed by atoms with van der Waals surface area (Å²) in [7, 11) is -6.11. The molecule has 0 aliphatic heterocycles. The molecule has 0 bridgehead atoms. The number of hydrogen-bond acceptors (Lipinski definition) is 3. The maximum Gasteiger partial charge on any atom is 0.349 e. The quantitative estimate of drug-likeness (QED) is 0.519. The summed E-state index contributed by atoms with van der Waals surface area (Å²) in [6, 6.07) is 0. The van der Waals surface area contributed by atoms with Crippen molar-refractivity contribution in [1.82, 2.24) is 0 Å². The first-order valence-electron chi connectivity index (χ1n) is 5.45. The minimum atomic E-state index is -2.56. The van der Waals surface area contributed by atoms with Crippen LogP contribution in [0.25, 0.3) is 0 Å². The molecule has 2 radical (unpaired) electrons. The maximum absolute atomic E-state index is 6.11. The fraction of sp³-hybridized carbons (Fsp3) is 1.00. The average Bonchev–Trinajstić information content (AvgIpc) is 1.97. The van der Waals surface area contributed by atoms with Crippen molar-refractivity contribution in [2.45, 2.75) is 50.3 Å². The molecule has 102 valence electrons. The zero-order chi connectivity index (χ0) is 13.9. The van der Waals surface area contributed by atoms with Crippen LogP contribution in [0.15, 0.2) is 0 Å². The van der Waals surface area contributed by atoms with Gasteiger partial charge in [0.1, 0.15) is 4.46 Å². The topological polar surface area (TPSA) is 27.7 Å². The fourth-order valence-electron chi connectivity index (χ4n) is 1.56. The van der Waals surface area contributed by atoms with Crippen LogP contribution in [0, 0.1) is 0 Å². The minimum Gasteiger partial charge on any atom is -0.437 e. The highest BCUT2D eigenvalue weighted by Crippen LogP contribution is 2.27. The Morgan fingerprint density at radius 3 is 1.71 bits per heavy atom. The standard InChI is InChI=1S/C8H22Cl2O3Si4/c1-14-11-17(7,8(9)10)13-16(5,6)12-15(2,3)4/h8H,1-7H3. The molecule has 0 N–H and O–H groups in total. The van der Waals surface area contributed by atoms with Crippen LogP contribution < -0.4 is 0 Å². The number of rotatable bonds is 7.